The van der Waals surface area contributed by atoms with E-state index in [1.807, 2.05) is 11.8 Å². The van der Waals surface area contributed by atoms with Gasteiger partial charge in [-0.05, 0) is 55.8 Å². The van der Waals surface area contributed by atoms with E-state index in [-0.39, 0.29) is 24.9 Å². The number of sulfonamides is 1. The molecule has 3 rings (SSSR count). The third-order valence-corrected chi connectivity index (χ3v) is 6.38. The van der Waals surface area contributed by atoms with Gasteiger partial charge in [-0.3, -0.25) is 14.4 Å². The predicted molar refractivity (Wildman–Crippen MR) is 114 cm³/mol. The number of carbonyl (C=O) groups excluding carboxylic acids is 1. The SMILES string of the molecule is CCS(=O)(=O)Nc1ccc(C(=O)N2CCN(Cc3ccc(F)cc3)C[C@H]2C)cc1.[HH]. The molecule has 1 atom stereocenters. The van der Waals surface area contributed by atoms with Gasteiger partial charge in [0, 0.05) is 44.9 Å². The topological polar surface area (TPSA) is 69.7 Å². The van der Waals surface area contributed by atoms with Crippen molar-refractivity contribution in [2.24, 2.45) is 0 Å². The number of piperazine rings is 1. The fraction of sp³-hybridized carbons (Fsp3) is 0.381. The highest BCUT2D eigenvalue weighted by Gasteiger charge is 2.28. The molecule has 1 amide bonds. The summed E-state index contributed by atoms with van der Waals surface area (Å²) >= 11 is 0. The van der Waals surface area contributed by atoms with Crippen molar-refractivity contribution >= 4 is 21.6 Å². The molecule has 1 aliphatic heterocycles. The molecule has 0 unspecified atom stereocenters. The number of hydrogen-bond donors (Lipinski definition) is 1. The Morgan fingerprint density at radius 3 is 2.38 bits per heavy atom. The number of benzene rings is 2. The number of hydrogen-bond acceptors (Lipinski definition) is 4. The Kier molecular flexibility index (Phi) is 6.54. The average molecular weight is 422 g/mol. The number of anilines is 1. The quantitative estimate of drug-likeness (QED) is 0.778. The maximum atomic E-state index is 13.1. The molecule has 2 aromatic rings. The predicted octanol–water partition coefficient (Wildman–Crippen LogP) is 3.18. The highest BCUT2D eigenvalue weighted by molar-refractivity contribution is 7.92. The first-order valence-electron chi connectivity index (χ1n) is 9.65. The summed E-state index contributed by atoms with van der Waals surface area (Å²) in [6.07, 6.45) is 0. The van der Waals surface area contributed by atoms with E-state index in [0.717, 1.165) is 25.2 Å². The molecule has 0 radical (unpaired) electrons. The summed E-state index contributed by atoms with van der Waals surface area (Å²) in [7, 11) is -3.34. The van der Waals surface area contributed by atoms with Gasteiger partial charge in [-0.15, -0.1) is 0 Å². The summed E-state index contributed by atoms with van der Waals surface area (Å²) in [4.78, 5) is 17.0. The molecule has 2 aromatic carbocycles. The second-order valence-electron chi connectivity index (χ2n) is 7.29. The molecule has 0 saturated carbocycles. The molecule has 1 heterocycles. The van der Waals surface area contributed by atoms with E-state index < -0.39 is 10.0 Å². The molecule has 1 fully saturated rings. The minimum absolute atomic E-state index is 0. The molecular weight excluding hydrogens is 393 g/mol. The first-order chi connectivity index (χ1) is 13.8. The van der Waals surface area contributed by atoms with E-state index in [4.69, 9.17) is 0 Å². The van der Waals surface area contributed by atoms with Crippen molar-refractivity contribution in [2.75, 3.05) is 30.1 Å². The lowest BCUT2D eigenvalue weighted by Crippen LogP contribution is -2.53. The average Bonchev–Trinajstić information content (AvgIpc) is 2.70. The molecule has 0 spiro atoms. The van der Waals surface area contributed by atoms with Crippen LogP contribution in [0.15, 0.2) is 48.5 Å². The molecule has 0 bridgehead atoms. The Bertz CT molecular complexity index is 952. The lowest BCUT2D eigenvalue weighted by molar-refractivity contribution is 0.0475. The van der Waals surface area contributed by atoms with Crippen LogP contribution in [0.2, 0.25) is 0 Å². The second-order valence-corrected chi connectivity index (χ2v) is 9.30. The van der Waals surface area contributed by atoms with Crippen LogP contribution in [0.5, 0.6) is 0 Å². The monoisotopic (exact) mass is 421 g/mol. The molecule has 158 valence electrons. The minimum Gasteiger partial charge on any atom is -0.333 e. The molecule has 0 aromatic heterocycles. The van der Waals surface area contributed by atoms with E-state index >= 15 is 0 Å². The van der Waals surface area contributed by atoms with Crippen LogP contribution < -0.4 is 4.72 Å². The van der Waals surface area contributed by atoms with Crippen molar-refractivity contribution in [3.63, 3.8) is 0 Å². The highest BCUT2D eigenvalue weighted by Crippen LogP contribution is 2.18. The van der Waals surface area contributed by atoms with E-state index in [2.05, 4.69) is 9.62 Å². The van der Waals surface area contributed by atoms with Gasteiger partial charge in [0.05, 0.1) is 5.75 Å². The molecule has 1 saturated heterocycles. The van der Waals surface area contributed by atoms with Crippen molar-refractivity contribution in [3.8, 4) is 0 Å². The van der Waals surface area contributed by atoms with E-state index in [9.17, 15) is 17.6 Å². The van der Waals surface area contributed by atoms with Gasteiger partial charge in [0.1, 0.15) is 5.82 Å². The first kappa shape index (κ1) is 21.3. The zero-order chi connectivity index (χ0) is 21.0. The summed E-state index contributed by atoms with van der Waals surface area (Å²) in [6.45, 7) is 6.37. The van der Waals surface area contributed by atoms with Crippen molar-refractivity contribution in [2.45, 2.75) is 26.4 Å². The number of rotatable bonds is 6. The number of carbonyl (C=O) groups is 1. The number of amides is 1. The van der Waals surface area contributed by atoms with Crippen LogP contribution in [-0.2, 0) is 16.6 Å². The van der Waals surface area contributed by atoms with E-state index in [1.165, 1.54) is 12.1 Å². The summed E-state index contributed by atoms with van der Waals surface area (Å²) in [5.74, 6) is -0.317. The van der Waals surface area contributed by atoms with E-state index in [0.29, 0.717) is 17.8 Å². The Morgan fingerprint density at radius 1 is 1.14 bits per heavy atom. The molecule has 1 N–H and O–H groups in total. The van der Waals surface area contributed by atoms with Crippen LogP contribution in [0.25, 0.3) is 0 Å². The highest BCUT2D eigenvalue weighted by atomic mass is 32.2. The van der Waals surface area contributed by atoms with Crippen molar-refractivity contribution < 1.29 is 19.0 Å². The maximum absolute atomic E-state index is 13.1. The second kappa shape index (κ2) is 8.92. The van der Waals surface area contributed by atoms with Gasteiger partial charge in [0.15, 0.2) is 0 Å². The van der Waals surface area contributed by atoms with Crippen LogP contribution in [0.1, 0.15) is 31.2 Å². The largest absolute Gasteiger partial charge is 0.333 e. The summed E-state index contributed by atoms with van der Waals surface area (Å²) < 4.78 is 38.8. The normalized spacial score (nSPS) is 17.9. The van der Waals surface area contributed by atoms with Gasteiger partial charge in [-0.2, -0.15) is 0 Å². The third kappa shape index (κ3) is 5.55. The van der Waals surface area contributed by atoms with Crippen molar-refractivity contribution in [1.29, 1.82) is 0 Å². The van der Waals surface area contributed by atoms with Gasteiger partial charge in [-0.1, -0.05) is 12.1 Å². The number of halogens is 1. The van der Waals surface area contributed by atoms with Crippen LogP contribution in [-0.4, -0.2) is 55.6 Å². The van der Waals surface area contributed by atoms with Gasteiger partial charge >= 0.3 is 0 Å². The fourth-order valence-electron chi connectivity index (χ4n) is 3.42. The standard InChI is InChI=1S/C21H26FN3O3S.H2/c1-3-29(27,28)23-20-10-6-18(7-11-20)21(26)25-13-12-24(14-16(25)2)15-17-4-8-19(22)9-5-17;/h4-11,16,23H,3,12-15H2,1-2H3;1H/t16-;/m1./s1. The number of nitrogens with one attached hydrogen (secondary N) is 1. The van der Waals surface area contributed by atoms with Crippen LogP contribution >= 0.6 is 0 Å². The number of nitrogens with zero attached hydrogens (tertiary/aromatic N) is 2. The summed E-state index contributed by atoms with van der Waals surface area (Å²) in [5.41, 5.74) is 2.02. The Balaban J connectivity index is 0.00000320. The Labute approximate surface area is 172 Å². The fourth-order valence-corrected chi connectivity index (χ4v) is 4.06. The summed E-state index contributed by atoms with van der Waals surface area (Å²) in [5, 5.41) is 0. The van der Waals surface area contributed by atoms with Crippen LogP contribution in [0, 0.1) is 5.82 Å². The smallest absolute Gasteiger partial charge is 0.254 e. The first-order valence-corrected chi connectivity index (χ1v) is 11.3. The molecular formula is C21H28FN3O3S. The zero-order valence-electron chi connectivity index (χ0n) is 16.6. The summed E-state index contributed by atoms with van der Waals surface area (Å²) in [6, 6.07) is 13.0. The third-order valence-electron chi connectivity index (χ3n) is 5.08. The van der Waals surface area contributed by atoms with Crippen molar-refractivity contribution in [3.05, 3.63) is 65.5 Å². The molecule has 1 aliphatic rings. The Hall–Kier alpha value is -2.45. The van der Waals surface area contributed by atoms with Gasteiger partial charge in [0.2, 0.25) is 10.0 Å². The van der Waals surface area contributed by atoms with Gasteiger partial charge in [-0.25, -0.2) is 12.8 Å². The lowest BCUT2D eigenvalue weighted by atomic mass is 10.1. The van der Waals surface area contributed by atoms with Gasteiger partial charge < -0.3 is 4.90 Å². The maximum Gasteiger partial charge on any atom is 0.254 e. The van der Waals surface area contributed by atoms with Gasteiger partial charge in [0.25, 0.3) is 5.91 Å². The van der Waals surface area contributed by atoms with E-state index in [1.54, 1.807) is 43.3 Å². The molecule has 6 nitrogen and oxygen atoms in total. The molecule has 29 heavy (non-hydrogen) atoms. The lowest BCUT2D eigenvalue weighted by Gasteiger charge is -2.40. The van der Waals surface area contributed by atoms with Crippen molar-refractivity contribution in [1.82, 2.24) is 9.80 Å². The zero-order valence-corrected chi connectivity index (χ0v) is 17.5. The molecule has 8 heteroatoms. The Morgan fingerprint density at radius 2 is 1.79 bits per heavy atom. The van der Waals surface area contributed by atoms with Crippen LogP contribution in [0.4, 0.5) is 10.1 Å². The molecule has 0 aliphatic carbocycles. The van der Waals surface area contributed by atoms with Crippen LogP contribution in [0.3, 0.4) is 0 Å². The minimum atomic E-state index is -3.34.